The molecular weight excluding hydrogens is 302 g/mol. The van der Waals surface area contributed by atoms with Crippen LogP contribution < -0.4 is 5.32 Å². The van der Waals surface area contributed by atoms with Crippen molar-refractivity contribution in [1.82, 2.24) is 9.47 Å². The Morgan fingerprint density at radius 1 is 1.19 bits per heavy atom. The van der Waals surface area contributed by atoms with Crippen LogP contribution in [0.5, 0.6) is 0 Å². The molecule has 3 nitrogen and oxygen atoms in total. The van der Waals surface area contributed by atoms with Gasteiger partial charge < -0.3 is 14.8 Å². The van der Waals surface area contributed by atoms with Crippen molar-refractivity contribution >= 4 is 34.6 Å². The lowest BCUT2D eigenvalue weighted by molar-refractivity contribution is 0.274. The average molecular weight is 320 g/mol. The molecule has 0 amide bonds. The molecule has 0 saturated heterocycles. The van der Waals surface area contributed by atoms with Gasteiger partial charge in [0.05, 0.1) is 6.04 Å². The Balaban J connectivity index is 1.75. The molecule has 0 unspecified atom stereocenters. The highest BCUT2D eigenvalue weighted by Crippen LogP contribution is 2.28. The van der Waals surface area contributed by atoms with Crippen molar-refractivity contribution in [3.05, 3.63) is 52.8 Å². The van der Waals surface area contributed by atoms with Crippen LogP contribution in [0.1, 0.15) is 24.4 Å². The molecule has 0 saturated carbocycles. The Bertz CT molecular complexity index is 663. The summed E-state index contributed by atoms with van der Waals surface area (Å²) < 4.78 is 2.37. The van der Waals surface area contributed by atoms with E-state index in [0.29, 0.717) is 0 Å². The molecule has 1 aliphatic rings. The molecule has 1 aromatic carbocycles. The summed E-state index contributed by atoms with van der Waals surface area (Å²) in [6.45, 7) is 6.24. The van der Waals surface area contributed by atoms with Crippen LogP contribution in [-0.2, 0) is 6.54 Å². The number of rotatable bonds is 1. The Morgan fingerprint density at radius 2 is 1.90 bits per heavy atom. The van der Waals surface area contributed by atoms with E-state index in [0.717, 1.165) is 28.9 Å². The third-order valence-corrected chi connectivity index (χ3v) is 4.64. The van der Waals surface area contributed by atoms with Crippen LogP contribution >= 0.6 is 23.8 Å². The summed E-state index contributed by atoms with van der Waals surface area (Å²) >= 11 is 11.5. The lowest BCUT2D eigenvalue weighted by Gasteiger charge is -2.37. The first-order chi connectivity index (χ1) is 10.1. The first-order valence-corrected chi connectivity index (χ1v) is 7.84. The van der Waals surface area contributed by atoms with E-state index in [-0.39, 0.29) is 6.04 Å². The molecule has 1 aliphatic heterocycles. The van der Waals surface area contributed by atoms with Gasteiger partial charge in [-0.05, 0) is 62.5 Å². The van der Waals surface area contributed by atoms with Crippen molar-refractivity contribution in [2.45, 2.75) is 26.4 Å². The van der Waals surface area contributed by atoms with E-state index in [4.69, 9.17) is 23.8 Å². The summed E-state index contributed by atoms with van der Waals surface area (Å²) in [5.74, 6) is 0. The number of hydrogen-bond acceptors (Lipinski definition) is 1. The second-order valence-electron chi connectivity index (χ2n) is 5.36. The smallest absolute Gasteiger partial charge is 0.174 e. The zero-order valence-corrected chi connectivity index (χ0v) is 13.7. The third-order valence-electron chi connectivity index (χ3n) is 4.05. The summed E-state index contributed by atoms with van der Waals surface area (Å²) in [4.78, 5) is 2.23. The van der Waals surface area contributed by atoms with Gasteiger partial charge in [-0.2, -0.15) is 0 Å². The number of halogens is 1. The molecule has 1 atom stereocenters. The molecule has 0 aliphatic carbocycles. The molecule has 5 heteroatoms. The highest BCUT2D eigenvalue weighted by molar-refractivity contribution is 7.80. The minimum absolute atomic E-state index is 0.278. The summed E-state index contributed by atoms with van der Waals surface area (Å²) in [6, 6.07) is 12.2. The Morgan fingerprint density at radius 3 is 2.62 bits per heavy atom. The standard InChI is InChI=1S/C16H18ClN3S/c1-11-3-8-15-12(2)20(10-9-19(11)15)16(21)18-14-6-4-13(17)5-7-14/h3-8,12H,9-10H2,1-2H3,(H,18,21)/t12-/m0/s1. The average Bonchev–Trinajstić information content (AvgIpc) is 2.84. The van der Waals surface area contributed by atoms with Gasteiger partial charge in [0.15, 0.2) is 5.11 Å². The van der Waals surface area contributed by atoms with Crippen molar-refractivity contribution in [2.75, 3.05) is 11.9 Å². The van der Waals surface area contributed by atoms with E-state index in [9.17, 15) is 0 Å². The van der Waals surface area contributed by atoms with Crippen molar-refractivity contribution in [3.8, 4) is 0 Å². The number of nitrogens with one attached hydrogen (secondary N) is 1. The van der Waals surface area contributed by atoms with Crippen LogP contribution in [0.2, 0.25) is 5.02 Å². The van der Waals surface area contributed by atoms with Gasteiger partial charge in [-0.1, -0.05) is 11.6 Å². The maximum absolute atomic E-state index is 5.90. The first-order valence-electron chi connectivity index (χ1n) is 7.05. The zero-order chi connectivity index (χ0) is 15.0. The van der Waals surface area contributed by atoms with Crippen LogP contribution in [-0.4, -0.2) is 21.1 Å². The largest absolute Gasteiger partial charge is 0.345 e. The number of anilines is 1. The topological polar surface area (TPSA) is 20.2 Å². The third kappa shape index (κ3) is 2.78. The molecule has 21 heavy (non-hydrogen) atoms. The Kier molecular flexibility index (Phi) is 3.91. The van der Waals surface area contributed by atoms with Gasteiger partial charge in [0.1, 0.15) is 0 Å². The highest BCUT2D eigenvalue weighted by atomic mass is 35.5. The van der Waals surface area contributed by atoms with Crippen molar-refractivity contribution < 1.29 is 0 Å². The maximum atomic E-state index is 5.90. The highest BCUT2D eigenvalue weighted by Gasteiger charge is 2.26. The molecule has 1 N–H and O–H groups in total. The van der Waals surface area contributed by atoms with E-state index in [1.54, 1.807) is 0 Å². The molecule has 3 rings (SSSR count). The molecule has 0 bridgehead atoms. The predicted octanol–water partition coefficient (Wildman–Crippen LogP) is 4.22. The van der Waals surface area contributed by atoms with Crippen LogP contribution in [0.4, 0.5) is 5.69 Å². The number of hydrogen-bond donors (Lipinski definition) is 1. The lowest BCUT2D eigenvalue weighted by Crippen LogP contribution is -2.43. The van der Waals surface area contributed by atoms with Crippen molar-refractivity contribution in [1.29, 1.82) is 0 Å². The molecule has 0 spiro atoms. The van der Waals surface area contributed by atoms with Crippen molar-refractivity contribution in [2.24, 2.45) is 0 Å². The predicted molar refractivity (Wildman–Crippen MR) is 92.0 cm³/mol. The quantitative estimate of drug-likeness (QED) is 0.795. The van der Waals surface area contributed by atoms with E-state index < -0.39 is 0 Å². The van der Waals surface area contributed by atoms with Gasteiger partial charge in [0.2, 0.25) is 0 Å². The number of thiocarbonyl (C=S) groups is 1. The number of fused-ring (bicyclic) bond motifs is 1. The van der Waals surface area contributed by atoms with E-state index in [1.165, 1.54) is 11.4 Å². The summed E-state index contributed by atoms with van der Waals surface area (Å²) in [7, 11) is 0. The summed E-state index contributed by atoms with van der Waals surface area (Å²) in [5.41, 5.74) is 3.60. The summed E-state index contributed by atoms with van der Waals surface area (Å²) in [6.07, 6.45) is 0. The number of nitrogens with zero attached hydrogens (tertiary/aromatic N) is 2. The van der Waals surface area contributed by atoms with E-state index in [1.807, 2.05) is 24.3 Å². The lowest BCUT2D eigenvalue weighted by atomic mass is 10.1. The summed E-state index contributed by atoms with van der Waals surface area (Å²) in [5, 5.41) is 4.78. The second-order valence-corrected chi connectivity index (χ2v) is 6.18. The Labute approximate surface area is 135 Å². The zero-order valence-electron chi connectivity index (χ0n) is 12.1. The molecule has 2 aromatic rings. The SMILES string of the molecule is Cc1ccc2n1CCN(C(=S)Nc1ccc(Cl)cc1)[C@H]2C. The normalized spacial score (nSPS) is 17.5. The van der Waals surface area contributed by atoms with Gasteiger partial charge >= 0.3 is 0 Å². The van der Waals surface area contributed by atoms with Crippen LogP contribution in [0, 0.1) is 6.92 Å². The minimum Gasteiger partial charge on any atom is -0.345 e. The van der Waals surface area contributed by atoms with Gasteiger partial charge in [-0.15, -0.1) is 0 Å². The first kappa shape index (κ1) is 14.4. The molecule has 0 fully saturated rings. The second kappa shape index (κ2) is 5.70. The van der Waals surface area contributed by atoms with Gasteiger partial charge in [-0.3, -0.25) is 0 Å². The van der Waals surface area contributed by atoms with Gasteiger partial charge in [0.25, 0.3) is 0 Å². The molecule has 0 radical (unpaired) electrons. The van der Waals surface area contributed by atoms with E-state index >= 15 is 0 Å². The molecule has 110 valence electrons. The fourth-order valence-corrected chi connectivity index (χ4v) is 3.32. The number of aryl methyl sites for hydroxylation is 1. The van der Waals surface area contributed by atoms with Gasteiger partial charge in [0, 0.05) is 35.2 Å². The van der Waals surface area contributed by atoms with Gasteiger partial charge in [-0.25, -0.2) is 0 Å². The number of benzene rings is 1. The molecular formula is C16H18ClN3S. The van der Waals surface area contributed by atoms with E-state index in [2.05, 4.69) is 40.8 Å². The monoisotopic (exact) mass is 319 g/mol. The Hall–Kier alpha value is -1.52. The van der Waals surface area contributed by atoms with Crippen molar-refractivity contribution in [3.63, 3.8) is 0 Å². The molecule has 1 aromatic heterocycles. The van der Waals surface area contributed by atoms with Crippen LogP contribution in [0.3, 0.4) is 0 Å². The number of aromatic nitrogens is 1. The van der Waals surface area contributed by atoms with Crippen LogP contribution in [0.25, 0.3) is 0 Å². The van der Waals surface area contributed by atoms with Crippen LogP contribution in [0.15, 0.2) is 36.4 Å². The fraction of sp³-hybridized carbons (Fsp3) is 0.312. The maximum Gasteiger partial charge on any atom is 0.174 e. The minimum atomic E-state index is 0.278. The molecule has 2 heterocycles. The fourth-order valence-electron chi connectivity index (χ4n) is 2.83.